The van der Waals surface area contributed by atoms with Crippen molar-refractivity contribution in [2.75, 3.05) is 13.1 Å². The summed E-state index contributed by atoms with van der Waals surface area (Å²) in [6.45, 7) is 4.88. The highest BCUT2D eigenvalue weighted by Gasteiger charge is 2.25. The van der Waals surface area contributed by atoms with Crippen LogP contribution in [0.25, 0.3) is 5.65 Å². The molecule has 1 atom stereocenters. The zero-order valence-corrected chi connectivity index (χ0v) is 11.7. The molecular weight excluding hydrogens is 252 g/mol. The van der Waals surface area contributed by atoms with Crippen molar-refractivity contribution in [2.45, 2.75) is 26.3 Å². The smallest absolute Gasteiger partial charge is 0.137 e. The van der Waals surface area contributed by atoms with E-state index >= 15 is 0 Å². The molecule has 20 heavy (non-hydrogen) atoms. The molecule has 0 bridgehead atoms. The maximum atomic E-state index is 9.02. The summed E-state index contributed by atoms with van der Waals surface area (Å²) < 4.78 is 2.05. The predicted molar refractivity (Wildman–Crippen MR) is 78.1 cm³/mol. The highest BCUT2D eigenvalue weighted by atomic mass is 16.4. The predicted octanol–water partition coefficient (Wildman–Crippen LogP) is 2.40. The largest absolute Gasteiger partial charge is 0.411 e. The Labute approximate surface area is 118 Å². The number of piperidine rings is 1. The van der Waals surface area contributed by atoms with Crippen molar-refractivity contribution in [2.24, 2.45) is 11.1 Å². The summed E-state index contributed by atoms with van der Waals surface area (Å²) in [6, 6.07) is 6.03. The lowest BCUT2D eigenvalue weighted by molar-refractivity contribution is 0.218. The van der Waals surface area contributed by atoms with Gasteiger partial charge in [0.15, 0.2) is 0 Å². The van der Waals surface area contributed by atoms with Crippen molar-refractivity contribution in [1.29, 1.82) is 0 Å². The van der Waals surface area contributed by atoms with Gasteiger partial charge in [-0.1, -0.05) is 18.1 Å². The molecule has 1 fully saturated rings. The number of imidazole rings is 1. The molecule has 1 aliphatic rings. The second kappa shape index (κ2) is 5.63. The molecule has 1 unspecified atom stereocenters. The van der Waals surface area contributed by atoms with Crippen molar-refractivity contribution in [1.82, 2.24) is 14.3 Å². The van der Waals surface area contributed by atoms with E-state index in [2.05, 4.69) is 32.6 Å². The van der Waals surface area contributed by atoms with Gasteiger partial charge in [-0.05, 0) is 18.6 Å². The summed E-state index contributed by atoms with van der Waals surface area (Å²) in [5.41, 5.74) is 3.03. The number of aromatic nitrogens is 2. The van der Waals surface area contributed by atoms with Gasteiger partial charge >= 0.3 is 0 Å². The van der Waals surface area contributed by atoms with Crippen LogP contribution in [-0.2, 0) is 6.54 Å². The van der Waals surface area contributed by atoms with Gasteiger partial charge in [-0.2, -0.15) is 0 Å². The zero-order chi connectivity index (χ0) is 13.9. The third-order valence-corrected chi connectivity index (χ3v) is 4.05. The highest BCUT2D eigenvalue weighted by Crippen LogP contribution is 2.19. The Bertz CT molecular complexity index is 586. The minimum Gasteiger partial charge on any atom is -0.411 e. The van der Waals surface area contributed by atoms with E-state index in [1.807, 2.05) is 24.4 Å². The van der Waals surface area contributed by atoms with Crippen LogP contribution < -0.4 is 0 Å². The molecule has 3 rings (SSSR count). The van der Waals surface area contributed by atoms with Gasteiger partial charge in [-0.15, -0.1) is 0 Å². The Kier molecular flexibility index (Phi) is 3.69. The van der Waals surface area contributed by atoms with E-state index in [9.17, 15) is 0 Å². The maximum absolute atomic E-state index is 9.02. The van der Waals surface area contributed by atoms with Crippen LogP contribution in [0, 0.1) is 5.92 Å². The quantitative estimate of drug-likeness (QED) is 0.689. The molecule has 106 valence electrons. The van der Waals surface area contributed by atoms with E-state index in [-0.39, 0.29) is 0 Å². The number of likely N-dealkylation sites (tertiary alicyclic amines) is 1. The fourth-order valence-electron chi connectivity index (χ4n) is 2.92. The van der Waals surface area contributed by atoms with Crippen LogP contribution >= 0.6 is 0 Å². The van der Waals surface area contributed by atoms with Gasteiger partial charge in [0.25, 0.3) is 0 Å². The first-order chi connectivity index (χ1) is 9.80. The molecule has 2 aromatic rings. The number of rotatable bonds is 3. The molecule has 3 heterocycles. The molecule has 5 heteroatoms. The molecule has 5 nitrogen and oxygen atoms in total. The minimum atomic E-state index is 0.366. The minimum absolute atomic E-state index is 0.366. The Morgan fingerprint density at radius 2 is 2.35 bits per heavy atom. The fourth-order valence-corrected chi connectivity index (χ4v) is 2.92. The van der Waals surface area contributed by atoms with Gasteiger partial charge in [0.1, 0.15) is 5.65 Å². The summed E-state index contributed by atoms with van der Waals surface area (Å²) in [5, 5.41) is 12.5. The second-order valence-corrected chi connectivity index (χ2v) is 5.38. The van der Waals surface area contributed by atoms with Crippen molar-refractivity contribution < 1.29 is 5.21 Å². The summed E-state index contributed by atoms with van der Waals surface area (Å²) in [5.74, 6) is 0.366. The monoisotopic (exact) mass is 272 g/mol. The van der Waals surface area contributed by atoms with Gasteiger partial charge in [0, 0.05) is 44.4 Å². The number of hydrogen-bond acceptors (Lipinski definition) is 4. The molecule has 0 saturated carbocycles. The summed E-state index contributed by atoms with van der Waals surface area (Å²) >= 11 is 0. The average molecular weight is 272 g/mol. The average Bonchev–Trinajstić information content (AvgIpc) is 2.89. The van der Waals surface area contributed by atoms with E-state index in [1.165, 1.54) is 0 Å². The standard InChI is InChI=1S/C15H20N4O/c1-2-12-9-18(8-6-14(12)17-20)10-13-11-19-7-4-3-5-15(19)16-13/h3-5,7,11-12,20H,2,6,8-10H2,1H3/b17-14+. The van der Waals surface area contributed by atoms with Crippen molar-refractivity contribution in [3.8, 4) is 0 Å². The van der Waals surface area contributed by atoms with E-state index in [1.54, 1.807) is 0 Å². The van der Waals surface area contributed by atoms with Crippen molar-refractivity contribution >= 4 is 11.4 Å². The molecule has 0 aromatic carbocycles. The number of oxime groups is 1. The Balaban J connectivity index is 1.71. The topological polar surface area (TPSA) is 53.1 Å². The third-order valence-electron chi connectivity index (χ3n) is 4.05. The van der Waals surface area contributed by atoms with Crippen LogP contribution in [-0.4, -0.2) is 38.3 Å². The molecule has 0 spiro atoms. The van der Waals surface area contributed by atoms with Crippen molar-refractivity contribution in [3.63, 3.8) is 0 Å². The number of fused-ring (bicyclic) bond motifs is 1. The first-order valence-corrected chi connectivity index (χ1v) is 7.16. The lowest BCUT2D eigenvalue weighted by Crippen LogP contribution is -2.40. The summed E-state index contributed by atoms with van der Waals surface area (Å²) in [4.78, 5) is 7.03. The molecule has 0 aliphatic carbocycles. The Morgan fingerprint density at radius 1 is 1.45 bits per heavy atom. The van der Waals surface area contributed by atoms with E-state index in [0.717, 1.165) is 49.5 Å². The molecule has 2 aromatic heterocycles. The highest BCUT2D eigenvalue weighted by molar-refractivity contribution is 5.87. The van der Waals surface area contributed by atoms with Crippen LogP contribution in [0.4, 0.5) is 0 Å². The van der Waals surface area contributed by atoms with Gasteiger partial charge in [-0.3, -0.25) is 4.90 Å². The fraction of sp³-hybridized carbons (Fsp3) is 0.467. The molecular formula is C15H20N4O. The lowest BCUT2D eigenvalue weighted by atomic mass is 9.93. The number of nitrogens with zero attached hydrogens (tertiary/aromatic N) is 4. The SMILES string of the molecule is CCC1CN(Cc2cn3ccccc3n2)CC/C1=N\O. The normalized spacial score (nSPS) is 22.6. The lowest BCUT2D eigenvalue weighted by Gasteiger charge is -2.32. The molecule has 0 amide bonds. The van der Waals surface area contributed by atoms with E-state index in [0.29, 0.717) is 5.92 Å². The first-order valence-electron chi connectivity index (χ1n) is 7.16. The Morgan fingerprint density at radius 3 is 3.10 bits per heavy atom. The molecule has 0 radical (unpaired) electrons. The second-order valence-electron chi connectivity index (χ2n) is 5.38. The van der Waals surface area contributed by atoms with Gasteiger partial charge in [0.2, 0.25) is 0 Å². The maximum Gasteiger partial charge on any atom is 0.137 e. The summed E-state index contributed by atoms with van der Waals surface area (Å²) in [7, 11) is 0. The molecule has 1 aliphatic heterocycles. The first kappa shape index (κ1) is 13.1. The van der Waals surface area contributed by atoms with Crippen molar-refractivity contribution in [3.05, 3.63) is 36.3 Å². The van der Waals surface area contributed by atoms with Crippen LogP contribution in [0.2, 0.25) is 0 Å². The van der Waals surface area contributed by atoms with E-state index < -0.39 is 0 Å². The van der Waals surface area contributed by atoms with Crippen LogP contribution in [0.1, 0.15) is 25.5 Å². The molecule has 1 saturated heterocycles. The van der Waals surface area contributed by atoms with E-state index in [4.69, 9.17) is 5.21 Å². The van der Waals surface area contributed by atoms with Gasteiger partial charge in [0.05, 0.1) is 11.4 Å². The van der Waals surface area contributed by atoms with Crippen LogP contribution in [0.5, 0.6) is 0 Å². The van der Waals surface area contributed by atoms with Crippen LogP contribution in [0.15, 0.2) is 35.7 Å². The summed E-state index contributed by atoms with van der Waals surface area (Å²) in [6.07, 6.45) is 5.97. The van der Waals surface area contributed by atoms with Crippen LogP contribution in [0.3, 0.4) is 0 Å². The third kappa shape index (κ3) is 2.54. The Hall–Kier alpha value is -1.88. The van der Waals surface area contributed by atoms with Gasteiger partial charge in [-0.25, -0.2) is 4.98 Å². The zero-order valence-electron chi connectivity index (χ0n) is 11.7. The van der Waals surface area contributed by atoms with Gasteiger partial charge < -0.3 is 9.61 Å². The number of pyridine rings is 1. The molecule has 1 N–H and O–H groups in total. The number of hydrogen-bond donors (Lipinski definition) is 1.